The first-order valence-electron chi connectivity index (χ1n) is 10.2. The number of thioether (sulfide) groups is 1. The van der Waals surface area contributed by atoms with Crippen LogP contribution >= 0.6 is 11.8 Å². The molecule has 1 aromatic rings. The second-order valence-corrected chi connectivity index (χ2v) is 9.92. The lowest BCUT2D eigenvalue weighted by atomic mass is 9.86. The van der Waals surface area contributed by atoms with Crippen LogP contribution in [0.4, 0.5) is 4.39 Å². The highest BCUT2D eigenvalue weighted by molar-refractivity contribution is 8.00. The van der Waals surface area contributed by atoms with Crippen LogP contribution in [-0.4, -0.2) is 47.3 Å². The number of amides is 1. The number of hydrogen-bond acceptors (Lipinski definition) is 4. The average Bonchev–Trinajstić information content (AvgIpc) is 3.00. The van der Waals surface area contributed by atoms with Crippen molar-refractivity contribution < 1.29 is 19.1 Å². The van der Waals surface area contributed by atoms with Crippen molar-refractivity contribution in [2.24, 2.45) is 5.41 Å². The molecule has 2 aliphatic heterocycles. The van der Waals surface area contributed by atoms with Crippen molar-refractivity contribution in [2.75, 3.05) is 25.4 Å². The minimum Gasteiger partial charge on any atom is -0.481 e. The van der Waals surface area contributed by atoms with Gasteiger partial charge in [0.15, 0.2) is 0 Å². The Kier molecular flexibility index (Phi) is 8.52. The maximum atomic E-state index is 14.8. The van der Waals surface area contributed by atoms with Crippen LogP contribution in [0.2, 0.25) is 0 Å². The summed E-state index contributed by atoms with van der Waals surface area (Å²) < 4.78 is 14.8. The smallest absolute Gasteiger partial charge is 0.300 e. The van der Waals surface area contributed by atoms with Crippen LogP contribution in [0.25, 0.3) is 0 Å². The van der Waals surface area contributed by atoms with E-state index in [9.17, 15) is 9.18 Å². The van der Waals surface area contributed by atoms with E-state index in [1.165, 1.54) is 0 Å². The lowest BCUT2D eigenvalue weighted by Crippen LogP contribution is -2.33. The number of carboxylic acid groups (broad SMARTS) is 1. The van der Waals surface area contributed by atoms with Gasteiger partial charge in [-0.25, -0.2) is 4.39 Å². The summed E-state index contributed by atoms with van der Waals surface area (Å²) in [5.74, 6) is -0.0186. The third kappa shape index (κ3) is 7.00. The number of nitrogens with zero attached hydrogens (tertiary/aromatic N) is 1. The SMILES string of the molecule is CC(=O)O.CC(C)(C)CCN1C(=O)CSC1c1cccc(F)c1C1CCNCC1. The fraction of sp³-hybridized carbons (Fsp3) is 0.636. The van der Waals surface area contributed by atoms with Crippen LogP contribution < -0.4 is 5.32 Å². The van der Waals surface area contributed by atoms with Crippen LogP contribution in [0.15, 0.2) is 18.2 Å². The molecule has 0 aliphatic carbocycles. The topological polar surface area (TPSA) is 69.6 Å². The Bertz CT molecular complexity index is 710. The molecule has 5 nitrogen and oxygen atoms in total. The molecule has 3 rings (SSSR count). The second-order valence-electron chi connectivity index (χ2n) is 8.85. The Hall–Kier alpha value is -1.60. The van der Waals surface area contributed by atoms with Crippen molar-refractivity contribution in [1.82, 2.24) is 10.2 Å². The van der Waals surface area contributed by atoms with E-state index in [-0.39, 0.29) is 28.4 Å². The Morgan fingerprint density at radius 2 is 1.93 bits per heavy atom. The standard InChI is InChI=1S/C20H29FN2OS.C2H4O2/c1-20(2,3)9-12-23-17(24)13-25-19(23)15-5-4-6-16(21)18(15)14-7-10-22-11-8-14;1-2(3)4/h4-6,14,19,22H,7-13H2,1-3H3;1H3,(H,3,4). The number of piperidine rings is 1. The van der Waals surface area contributed by atoms with Crippen molar-refractivity contribution in [3.05, 3.63) is 35.1 Å². The van der Waals surface area contributed by atoms with Crippen LogP contribution in [0.5, 0.6) is 0 Å². The van der Waals surface area contributed by atoms with E-state index >= 15 is 0 Å². The minimum atomic E-state index is -0.833. The zero-order valence-corrected chi connectivity index (χ0v) is 18.7. The number of benzene rings is 1. The van der Waals surface area contributed by atoms with Crippen LogP contribution in [0.1, 0.15) is 69.4 Å². The summed E-state index contributed by atoms with van der Waals surface area (Å²) in [7, 11) is 0. The fourth-order valence-corrected chi connectivity index (χ4v) is 4.97. The molecule has 2 N–H and O–H groups in total. The normalized spacial score (nSPS) is 20.4. The van der Waals surface area contributed by atoms with Gasteiger partial charge in [0, 0.05) is 13.5 Å². The molecule has 2 fully saturated rings. The van der Waals surface area contributed by atoms with Gasteiger partial charge < -0.3 is 15.3 Å². The minimum absolute atomic E-state index is 0.0459. The van der Waals surface area contributed by atoms with Gasteiger partial charge in [0.2, 0.25) is 5.91 Å². The molecule has 1 amide bonds. The second kappa shape index (κ2) is 10.4. The molecule has 2 heterocycles. The fourth-order valence-electron chi connectivity index (χ4n) is 3.72. The third-order valence-corrected chi connectivity index (χ3v) is 6.41. The molecule has 7 heteroatoms. The van der Waals surface area contributed by atoms with E-state index in [0.717, 1.165) is 56.9 Å². The molecule has 1 atom stereocenters. The molecule has 162 valence electrons. The summed E-state index contributed by atoms with van der Waals surface area (Å²) in [6.07, 6.45) is 2.87. The van der Waals surface area contributed by atoms with E-state index in [0.29, 0.717) is 5.75 Å². The van der Waals surface area contributed by atoms with Gasteiger partial charge in [-0.3, -0.25) is 9.59 Å². The first-order chi connectivity index (χ1) is 13.6. The zero-order valence-electron chi connectivity index (χ0n) is 17.8. The summed E-state index contributed by atoms with van der Waals surface area (Å²) in [4.78, 5) is 23.4. The molecule has 2 saturated heterocycles. The van der Waals surface area contributed by atoms with E-state index in [2.05, 4.69) is 26.1 Å². The Morgan fingerprint density at radius 1 is 1.31 bits per heavy atom. The van der Waals surface area contributed by atoms with E-state index in [1.807, 2.05) is 11.0 Å². The molecule has 0 saturated carbocycles. The zero-order chi connectivity index (χ0) is 21.6. The maximum absolute atomic E-state index is 14.8. The van der Waals surface area contributed by atoms with Gasteiger partial charge in [-0.2, -0.15) is 0 Å². The summed E-state index contributed by atoms with van der Waals surface area (Å²) in [6, 6.07) is 5.39. The number of carbonyl (C=O) groups excluding carboxylic acids is 1. The predicted molar refractivity (Wildman–Crippen MR) is 116 cm³/mol. The summed E-state index contributed by atoms with van der Waals surface area (Å²) in [6.45, 7) is 10.3. The predicted octanol–water partition coefficient (Wildman–Crippen LogP) is 4.39. The first kappa shape index (κ1) is 23.7. The maximum Gasteiger partial charge on any atom is 0.300 e. The molecule has 29 heavy (non-hydrogen) atoms. The molecule has 0 radical (unpaired) electrons. The summed E-state index contributed by atoms with van der Waals surface area (Å²) in [5, 5.41) is 10.7. The number of carboxylic acids is 1. The van der Waals surface area contributed by atoms with Crippen molar-refractivity contribution in [3.63, 3.8) is 0 Å². The van der Waals surface area contributed by atoms with E-state index in [4.69, 9.17) is 9.90 Å². The van der Waals surface area contributed by atoms with Crippen molar-refractivity contribution >= 4 is 23.6 Å². The number of nitrogens with one attached hydrogen (secondary N) is 1. The highest BCUT2D eigenvalue weighted by Crippen LogP contribution is 2.44. The van der Waals surface area contributed by atoms with Crippen LogP contribution in [-0.2, 0) is 9.59 Å². The highest BCUT2D eigenvalue weighted by Gasteiger charge is 2.36. The van der Waals surface area contributed by atoms with Crippen molar-refractivity contribution in [2.45, 2.75) is 58.2 Å². The molecular weight excluding hydrogens is 391 g/mol. The molecule has 0 bridgehead atoms. The number of hydrogen-bond donors (Lipinski definition) is 2. The highest BCUT2D eigenvalue weighted by atomic mass is 32.2. The van der Waals surface area contributed by atoms with Gasteiger partial charge in [0.1, 0.15) is 11.2 Å². The van der Waals surface area contributed by atoms with Gasteiger partial charge in [-0.15, -0.1) is 11.8 Å². The number of aliphatic carboxylic acids is 1. The first-order valence-corrected chi connectivity index (χ1v) is 11.2. The van der Waals surface area contributed by atoms with Gasteiger partial charge in [0.05, 0.1) is 5.75 Å². The van der Waals surface area contributed by atoms with Gasteiger partial charge >= 0.3 is 0 Å². The Morgan fingerprint density at radius 3 is 2.52 bits per heavy atom. The molecule has 0 spiro atoms. The van der Waals surface area contributed by atoms with Gasteiger partial charge in [-0.05, 0) is 60.9 Å². The van der Waals surface area contributed by atoms with E-state index < -0.39 is 5.97 Å². The lowest BCUT2D eigenvalue weighted by Gasteiger charge is -2.32. The molecule has 0 aromatic heterocycles. The van der Waals surface area contributed by atoms with Gasteiger partial charge in [0.25, 0.3) is 5.97 Å². The monoisotopic (exact) mass is 424 g/mol. The van der Waals surface area contributed by atoms with Gasteiger partial charge in [-0.1, -0.05) is 32.9 Å². The summed E-state index contributed by atoms with van der Waals surface area (Å²) >= 11 is 1.64. The summed E-state index contributed by atoms with van der Waals surface area (Å²) in [5.41, 5.74) is 2.03. The molecular formula is C22H33FN2O3S. The van der Waals surface area contributed by atoms with Crippen molar-refractivity contribution in [1.29, 1.82) is 0 Å². The Balaban J connectivity index is 0.000000687. The molecule has 2 aliphatic rings. The Labute approximate surface area is 177 Å². The number of halogens is 1. The number of carbonyl (C=O) groups is 2. The largest absolute Gasteiger partial charge is 0.481 e. The van der Waals surface area contributed by atoms with Crippen LogP contribution in [0.3, 0.4) is 0 Å². The third-order valence-electron chi connectivity index (χ3n) is 5.17. The van der Waals surface area contributed by atoms with Crippen LogP contribution in [0, 0.1) is 11.2 Å². The molecule has 1 unspecified atom stereocenters. The lowest BCUT2D eigenvalue weighted by molar-refractivity contribution is -0.134. The van der Waals surface area contributed by atoms with E-state index in [1.54, 1.807) is 23.9 Å². The number of rotatable bonds is 4. The van der Waals surface area contributed by atoms with Crippen molar-refractivity contribution in [3.8, 4) is 0 Å². The molecule has 1 aromatic carbocycles. The average molecular weight is 425 g/mol. The quantitative estimate of drug-likeness (QED) is 0.750.